The van der Waals surface area contributed by atoms with Gasteiger partial charge < -0.3 is 10.4 Å². The molecule has 1 aromatic rings. The largest absolute Gasteiger partial charge is 0.391 e. The smallest absolute Gasteiger partial charge is 0.0747 e. The molecule has 13 heavy (non-hydrogen) atoms. The Balaban J connectivity index is 2.24. The van der Waals surface area contributed by atoms with E-state index in [1.807, 2.05) is 6.07 Å². The third-order valence-corrected chi connectivity index (χ3v) is 2.59. The molecule has 1 aromatic carbocycles. The first kappa shape index (κ1) is 8.73. The lowest BCUT2D eigenvalue weighted by Gasteiger charge is -2.15. The molecule has 0 spiro atoms. The first-order chi connectivity index (χ1) is 6.27. The van der Waals surface area contributed by atoms with Crippen molar-refractivity contribution in [2.45, 2.75) is 25.5 Å². The van der Waals surface area contributed by atoms with E-state index in [-0.39, 0.29) is 12.1 Å². The molecular formula is C11H15NO. The number of hydrogen-bond acceptors (Lipinski definition) is 2. The number of benzene rings is 1. The zero-order valence-corrected chi connectivity index (χ0v) is 7.83. The van der Waals surface area contributed by atoms with E-state index in [4.69, 9.17) is 0 Å². The topological polar surface area (TPSA) is 32.3 Å². The number of aliphatic hydroxyl groups is 1. The number of aliphatic hydroxyl groups excluding tert-OH is 1. The molecule has 1 aliphatic rings. The van der Waals surface area contributed by atoms with Crippen molar-refractivity contribution in [3.8, 4) is 0 Å². The molecule has 2 N–H and O–H groups in total. The monoisotopic (exact) mass is 177 g/mol. The van der Waals surface area contributed by atoms with E-state index in [9.17, 15) is 5.11 Å². The lowest BCUT2D eigenvalue weighted by molar-refractivity contribution is 0.160. The van der Waals surface area contributed by atoms with Gasteiger partial charge in [-0.15, -0.1) is 0 Å². The highest BCUT2D eigenvalue weighted by Gasteiger charge is 2.25. The molecule has 0 saturated carbocycles. The maximum absolute atomic E-state index is 9.67. The van der Waals surface area contributed by atoms with Crippen molar-refractivity contribution in [1.29, 1.82) is 0 Å². The molecule has 2 heteroatoms. The summed E-state index contributed by atoms with van der Waals surface area (Å²) < 4.78 is 0. The fraction of sp³-hybridized carbons (Fsp3) is 0.455. The fourth-order valence-electron chi connectivity index (χ4n) is 1.89. The van der Waals surface area contributed by atoms with Gasteiger partial charge in [-0.3, -0.25) is 0 Å². The Hall–Kier alpha value is -0.860. The minimum absolute atomic E-state index is 0.139. The van der Waals surface area contributed by atoms with Gasteiger partial charge in [-0.05, 0) is 25.5 Å². The van der Waals surface area contributed by atoms with Gasteiger partial charge in [-0.2, -0.15) is 0 Å². The SMILES string of the molecule is Cc1cccc(C2NCC[C@@H]2O)c1. The van der Waals surface area contributed by atoms with Crippen LogP contribution in [0.25, 0.3) is 0 Å². The highest BCUT2D eigenvalue weighted by atomic mass is 16.3. The summed E-state index contributed by atoms with van der Waals surface area (Å²) in [4.78, 5) is 0. The second-order valence-corrected chi connectivity index (χ2v) is 3.70. The standard InChI is InChI=1S/C11H15NO/c1-8-3-2-4-9(7-8)11-10(13)5-6-12-11/h2-4,7,10-13H,5-6H2,1H3/t10-,11?/m0/s1. The Labute approximate surface area is 78.6 Å². The van der Waals surface area contributed by atoms with E-state index in [2.05, 4.69) is 30.4 Å². The van der Waals surface area contributed by atoms with Crippen LogP contribution in [0, 0.1) is 6.92 Å². The summed E-state index contributed by atoms with van der Waals surface area (Å²) in [7, 11) is 0. The van der Waals surface area contributed by atoms with Gasteiger partial charge in [0.1, 0.15) is 0 Å². The Morgan fingerprint density at radius 1 is 1.46 bits per heavy atom. The highest BCUT2D eigenvalue weighted by molar-refractivity contribution is 5.26. The predicted molar refractivity (Wildman–Crippen MR) is 52.5 cm³/mol. The molecule has 0 bridgehead atoms. The molecule has 0 aliphatic carbocycles. The van der Waals surface area contributed by atoms with Gasteiger partial charge in [-0.1, -0.05) is 29.8 Å². The maximum atomic E-state index is 9.67. The molecule has 0 radical (unpaired) electrons. The Bertz CT molecular complexity index is 298. The molecule has 70 valence electrons. The van der Waals surface area contributed by atoms with Gasteiger partial charge in [0.25, 0.3) is 0 Å². The van der Waals surface area contributed by atoms with E-state index in [0.717, 1.165) is 13.0 Å². The summed E-state index contributed by atoms with van der Waals surface area (Å²) in [6.45, 7) is 2.99. The van der Waals surface area contributed by atoms with E-state index in [1.54, 1.807) is 0 Å². The summed E-state index contributed by atoms with van der Waals surface area (Å²) in [6.07, 6.45) is 0.639. The summed E-state index contributed by atoms with van der Waals surface area (Å²) in [5, 5.41) is 13.0. The first-order valence-corrected chi connectivity index (χ1v) is 4.75. The lowest BCUT2D eigenvalue weighted by Crippen LogP contribution is -2.20. The Kier molecular flexibility index (Phi) is 2.34. The van der Waals surface area contributed by atoms with Gasteiger partial charge in [0.05, 0.1) is 12.1 Å². The van der Waals surface area contributed by atoms with Crippen molar-refractivity contribution in [2.24, 2.45) is 0 Å². The normalized spacial score (nSPS) is 27.8. The molecule has 2 atom stereocenters. The minimum Gasteiger partial charge on any atom is -0.391 e. The van der Waals surface area contributed by atoms with Gasteiger partial charge in [0.15, 0.2) is 0 Å². The molecule has 0 amide bonds. The van der Waals surface area contributed by atoms with E-state index in [0.29, 0.717) is 0 Å². The van der Waals surface area contributed by atoms with Crippen molar-refractivity contribution < 1.29 is 5.11 Å². The van der Waals surface area contributed by atoms with Crippen LogP contribution in [-0.2, 0) is 0 Å². The highest BCUT2D eigenvalue weighted by Crippen LogP contribution is 2.23. The molecule has 1 fully saturated rings. The summed E-state index contributed by atoms with van der Waals surface area (Å²) >= 11 is 0. The maximum Gasteiger partial charge on any atom is 0.0747 e. The van der Waals surface area contributed by atoms with Gasteiger partial charge in [0.2, 0.25) is 0 Å². The van der Waals surface area contributed by atoms with Crippen LogP contribution in [0.4, 0.5) is 0 Å². The van der Waals surface area contributed by atoms with Crippen LogP contribution in [0.3, 0.4) is 0 Å². The summed E-state index contributed by atoms with van der Waals surface area (Å²) in [5.41, 5.74) is 2.45. The Morgan fingerprint density at radius 2 is 2.31 bits per heavy atom. The van der Waals surface area contributed by atoms with Crippen LogP contribution >= 0.6 is 0 Å². The molecule has 2 rings (SSSR count). The van der Waals surface area contributed by atoms with E-state index < -0.39 is 0 Å². The van der Waals surface area contributed by atoms with Crippen LogP contribution in [-0.4, -0.2) is 17.8 Å². The minimum atomic E-state index is -0.221. The van der Waals surface area contributed by atoms with Crippen LogP contribution < -0.4 is 5.32 Å². The van der Waals surface area contributed by atoms with Crippen molar-refractivity contribution in [3.63, 3.8) is 0 Å². The average molecular weight is 177 g/mol. The van der Waals surface area contributed by atoms with Crippen molar-refractivity contribution >= 4 is 0 Å². The molecular weight excluding hydrogens is 162 g/mol. The molecule has 0 aromatic heterocycles. The zero-order valence-electron chi connectivity index (χ0n) is 7.83. The van der Waals surface area contributed by atoms with Gasteiger partial charge in [-0.25, -0.2) is 0 Å². The van der Waals surface area contributed by atoms with Crippen molar-refractivity contribution in [2.75, 3.05) is 6.54 Å². The molecule has 2 nitrogen and oxygen atoms in total. The van der Waals surface area contributed by atoms with Crippen molar-refractivity contribution in [3.05, 3.63) is 35.4 Å². The number of aryl methyl sites for hydroxylation is 1. The van der Waals surface area contributed by atoms with Crippen LogP contribution in [0.5, 0.6) is 0 Å². The number of nitrogens with one attached hydrogen (secondary N) is 1. The molecule has 1 heterocycles. The summed E-state index contributed by atoms with van der Waals surface area (Å²) in [5.74, 6) is 0. The third kappa shape index (κ3) is 1.74. The number of hydrogen-bond donors (Lipinski definition) is 2. The molecule has 1 saturated heterocycles. The lowest BCUT2D eigenvalue weighted by atomic mass is 10.0. The van der Waals surface area contributed by atoms with Gasteiger partial charge >= 0.3 is 0 Å². The number of rotatable bonds is 1. The average Bonchev–Trinajstić information content (AvgIpc) is 2.51. The van der Waals surface area contributed by atoms with Crippen LogP contribution in [0.2, 0.25) is 0 Å². The quantitative estimate of drug-likeness (QED) is 0.679. The Morgan fingerprint density at radius 3 is 2.92 bits per heavy atom. The summed E-state index contributed by atoms with van der Waals surface area (Å²) in [6, 6.07) is 8.45. The fourth-order valence-corrected chi connectivity index (χ4v) is 1.89. The van der Waals surface area contributed by atoms with Gasteiger partial charge in [0, 0.05) is 0 Å². The third-order valence-electron chi connectivity index (χ3n) is 2.59. The predicted octanol–water partition coefficient (Wildman–Crippen LogP) is 1.39. The van der Waals surface area contributed by atoms with Crippen LogP contribution in [0.1, 0.15) is 23.6 Å². The van der Waals surface area contributed by atoms with E-state index in [1.165, 1.54) is 11.1 Å². The van der Waals surface area contributed by atoms with Crippen molar-refractivity contribution in [1.82, 2.24) is 5.32 Å². The molecule has 1 aliphatic heterocycles. The second kappa shape index (κ2) is 3.48. The van der Waals surface area contributed by atoms with E-state index >= 15 is 0 Å². The zero-order chi connectivity index (χ0) is 9.26. The second-order valence-electron chi connectivity index (χ2n) is 3.70. The van der Waals surface area contributed by atoms with Crippen LogP contribution in [0.15, 0.2) is 24.3 Å². The first-order valence-electron chi connectivity index (χ1n) is 4.75. The molecule has 1 unspecified atom stereocenters.